The molecule has 0 spiro atoms. The van der Waals surface area contributed by atoms with E-state index in [1.807, 2.05) is 6.07 Å². The molecule has 124 valence electrons. The number of hydrogen-bond donors (Lipinski definition) is 1. The monoisotopic (exact) mass is 331 g/mol. The molecule has 0 saturated heterocycles. The van der Waals surface area contributed by atoms with Gasteiger partial charge in [0.15, 0.2) is 5.69 Å². The van der Waals surface area contributed by atoms with Crippen LogP contribution in [0.15, 0.2) is 18.3 Å². The average molecular weight is 331 g/mol. The molecule has 0 aliphatic rings. The van der Waals surface area contributed by atoms with Crippen LogP contribution in [0, 0.1) is 24.1 Å². The van der Waals surface area contributed by atoms with Crippen molar-refractivity contribution in [1.82, 2.24) is 4.57 Å². The molecule has 0 amide bonds. The van der Waals surface area contributed by atoms with Crippen LogP contribution < -0.4 is 5.73 Å². The number of methoxy groups -OCH3 is 2. The van der Waals surface area contributed by atoms with Crippen LogP contribution in [-0.2, 0) is 9.47 Å². The number of carbonyl (C=O) groups excluding carboxylic acids is 2. The van der Waals surface area contributed by atoms with Gasteiger partial charge in [-0.2, -0.15) is 5.26 Å². The minimum absolute atomic E-state index is 0.00722. The summed E-state index contributed by atoms with van der Waals surface area (Å²) in [4.78, 5) is 24.0. The Hall–Kier alpha value is -3.34. The fraction of sp³-hybridized carbons (Fsp3) is 0.188. The van der Waals surface area contributed by atoms with Crippen molar-refractivity contribution in [2.45, 2.75) is 6.92 Å². The van der Waals surface area contributed by atoms with Crippen LogP contribution in [0.5, 0.6) is 0 Å². The summed E-state index contributed by atoms with van der Waals surface area (Å²) in [5.74, 6) is -2.15. The first-order chi connectivity index (χ1) is 11.3. The predicted octanol–water partition coefficient (Wildman–Crippen LogP) is 1.95. The third kappa shape index (κ3) is 2.67. The number of benzene rings is 1. The number of aryl methyl sites for hydroxylation is 1. The molecule has 0 aliphatic carbocycles. The lowest BCUT2D eigenvalue weighted by Crippen LogP contribution is -2.15. The Morgan fingerprint density at radius 3 is 2.42 bits per heavy atom. The van der Waals surface area contributed by atoms with Gasteiger partial charge in [0.1, 0.15) is 11.9 Å². The van der Waals surface area contributed by atoms with E-state index in [1.165, 1.54) is 26.3 Å². The molecule has 7 nitrogen and oxygen atoms in total. The van der Waals surface area contributed by atoms with Crippen molar-refractivity contribution in [3.8, 4) is 11.8 Å². The Balaban J connectivity index is 2.86. The van der Waals surface area contributed by atoms with E-state index in [-0.39, 0.29) is 33.8 Å². The Morgan fingerprint density at radius 2 is 1.88 bits per heavy atom. The fourth-order valence-corrected chi connectivity index (χ4v) is 2.25. The summed E-state index contributed by atoms with van der Waals surface area (Å²) < 4.78 is 24.5. The van der Waals surface area contributed by atoms with E-state index in [4.69, 9.17) is 15.7 Å². The van der Waals surface area contributed by atoms with E-state index >= 15 is 0 Å². The number of rotatable bonds is 3. The molecule has 8 heteroatoms. The van der Waals surface area contributed by atoms with Crippen LogP contribution in [0.1, 0.15) is 32.0 Å². The molecule has 0 radical (unpaired) electrons. The SMILES string of the molecule is COC(=O)c1cc(C)c(F)cc1-n1cc(C#N)c(N)c1C(=O)OC. The average Bonchev–Trinajstić information content (AvgIpc) is 2.91. The zero-order chi connectivity index (χ0) is 18.0. The van der Waals surface area contributed by atoms with Gasteiger partial charge >= 0.3 is 11.9 Å². The van der Waals surface area contributed by atoms with Gasteiger partial charge in [-0.1, -0.05) is 0 Å². The van der Waals surface area contributed by atoms with Crippen molar-refractivity contribution in [3.63, 3.8) is 0 Å². The normalized spacial score (nSPS) is 10.1. The maximum atomic E-state index is 14.0. The third-order valence-electron chi connectivity index (χ3n) is 3.49. The maximum Gasteiger partial charge on any atom is 0.357 e. The Morgan fingerprint density at radius 1 is 1.25 bits per heavy atom. The van der Waals surface area contributed by atoms with Crippen LogP contribution in [-0.4, -0.2) is 30.7 Å². The number of carbonyl (C=O) groups is 2. The van der Waals surface area contributed by atoms with Crippen molar-refractivity contribution in [3.05, 3.63) is 46.5 Å². The summed E-state index contributed by atoms with van der Waals surface area (Å²) in [7, 11) is 2.32. The Labute approximate surface area is 137 Å². The number of ether oxygens (including phenoxy) is 2. The lowest BCUT2D eigenvalue weighted by atomic mass is 10.1. The van der Waals surface area contributed by atoms with E-state index in [0.717, 1.165) is 17.7 Å². The minimum Gasteiger partial charge on any atom is -0.465 e. The first kappa shape index (κ1) is 17.0. The molecule has 0 unspecified atom stereocenters. The van der Waals surface area contributed by atoms with Crippen LogP contribution in [0.4, 0.5) is 10.1 Å². The number of hydrogen-bond acceptors (Lipinski definition) is 6. The number of halogens is 1. The summed E-state index contributed by atoms with van der Waals surface area (Å²) in [6.07, 6.45) is 1.23. The van der Waals surface area contributed by atoms with Crippen molar-refractivity contribution in [1.29, 1.82) is 5.26 Å². The number of aromatic nitrogens is 1. The van der Waals surface area contributed by atoms with E-state index < -0.39 is 17.8 Å². The van der Waals surface area contributed by atoms with Gasteiger partial charge in [0.05, 0.1) is 36.7 Å². The lowest BCUT2D eigenvalue weighted by molar-refractivity contribution is 0.0581. The largest absolute Gasteiger partial charge is 0.465 e. The molecule has 1 aromatic carbocycles. The molecule has 24 heavy (non-hydrogen) atoms. The Kier molecular flexibility index (Phi) is 4.55. The number of nitrogens with two attached hydrogens (primary N) is 1. The standard InChI is InChI=1S/C16H14FN3O4/c1-8-4-10(15(21)23-2)12(5-11(8)17)20-7-9(6-18)13(19)14(20)16(22)24-3/h4-5,7H,19H2,1-3H3. The topological polar surface area (TPSA) is 107 Å². The lowest BCUT2D eigenvalue weighted by Gasteiger charge is -2.13. The molecule has 2 rings (SSSR count). The van der Waals surface area contributed by atoms with Crippen molar-refractivity contribution in [2.24, 2.45) is 0 Å². The quantitative estimate of drug-likeness (QED) is 0.861. The first-order valence-corrected chi connectivity index (χ1v) is 6.73. The van der Waals surface area contributed by atoms with Crippen LogP contribution in [0.3, 0.4) is 0 Å². The molecule has 0 fully saturated rings. The molecular weight excluding hydrogens is 317 g/mol. The molecule has 0 bridgehead atoms. The molecule has 0 atom stereocenters. The molecule has 0 saturated carbocycles. The van der Waals surface area contributed by atoms with Crippen molar-refractivity contribution < 1.29 is 23.5 Å². The predicted molar refractivity (Wildman–Crippen MR) is 82.3 cm³/mol. The molecule has 2 N–H and O–H groups in total. The highest BCUT2D eigenvalue weighted by Crippen LogP contribution is 2.28. The molecule has 1 heterocycles. The van der Waals surface area contributed by atoms with Gasteiger partial charge in [-0.05, 0) is 24.6 Å². The molecular formula is C16H14FN3O4. The highest BCUT2D eigenvalue weighted by Gasteiger charge is 2.25. The summed E-state index contributed by atoms with van der Waals surface area (Å²) in [5.41, 5.74) is 5.74. The van der Waals surface area contributed by atoms with Gasteiger partial charge in [0.25, 0.3) is 0 Å². The van der Waals surface area contributed by atoms with Crippen LogP contribution in [0.25, 0.3) is 5.69 Å². The summed E-state index contributed by atoms with van der Waals surface area (Å²) >= 11 is 0. The second-order valence-electron chi connectivity index (χ2n) is 4.89. The van der Waals surface area contributed by atoms with Gasteiger partial charge in [-0.3, -0.25) is 0 Å². The zero-order valence-electron chi connectivity index (χ0n) is 13.2. The maximum absolute atomic E-state index is 14.0. The zero-order valence-corrected chi connectivity index (χ0v) is 13.2. The number of nitrogens with zero attached hydrogens (tertiary/aromatic N) is 2. The van der Waals surface area contributed by atoms with Crippen molar-refractivity contribution in [2.75, 3.05) is 20.0 Å². The summed E-state index contributed by atoms with van der Waals surface area (Å²) in [6.45, 7) is 1.48. The van der Waals surface area contributed by atoms with E-state index in [0.29, 0.717) is 0 Å². The van der Waals surface area contributed by atoms with E-state index in [2.05, 4.69) is 4.74 Å². The van der Waals surface area contributed by atoms with Crippen molar-refractivity contribution >= 4 is 17.6 Å². The number of nitrogen functional groups attached to an aromatic ring is 1. The third-order valence-corrected chi connectivity index (χ3v) is 3.49. The van der Waals surface area contributed by atoms with Gasteiger partial charge in [0, 0.05) is 6.20 Å². The Bertz CT molecular complexity index is 880. The fourth-order valence-electron chi connectivity index (χ4n) is 2.25. The first-order valence-electron chi connectivity index (χ1n) is 6.73. The molecule has 2 aromatic rings. The van der Waals surface area contributed by atoms with E-state index in [9.17, 15) is 14.0 Å². The van der Waals surface area contributed by atoms with E-state index in [1.54, 1.807) is 0 Å². The van der Waals surface area contributed by atoms with Crippen LogP contribution in [0.2, 0.25) is 0 Å². The summed E-state index contributed by atoms with van der Waals surface area (Å²) in [6, 6.07) is 4.19. The number of nitriles is 1. The van der Waals surface area contributed by atoms with Gasteiger partial charge in [0.2, 0.25) is 0 Å². The molecule has 0 aliphatic heterocycles. The highest BCUT2D eigenvalue weighted by atomic mass is 19.1. The highest BCUT2D eigenvalue weighted by molar-refractivity contribution is 5.98. The van der Waals surface area contributed by atoms with Gasteiger partial charge in [-0.15, -0.1) is 0 Å². The molecule has 1 aromatic heterocycles. The van der Waals surface area contributed by atoms with Gasteiger partial charge in [-0.25, -0.2) is 14.0 Å². The van der Waals surface area contributed by atoms with Crippen LogP contribution >= 0.6 is 0 Å². The number of esters is 2. The number of anilines is 1. The van der Waals surface area contributed by atoms with Gasteiger partial charge < -0.3 is 19.8 Å². The second-order valence-corrected chi connectivity index (χ2v) is 4.89. The smallest absolute Gasteiger partial charge is 0.357 e. The summed E-state index contributed by atoms with van der Waals surface area (Å²) in [5, 5.41) is 9.12. The minimum atomic E-state index is -0.828. The second kappa shape index (κ2) is 6.42.